The van der Waals surface area contributed by atoms with Gasteiger partial charge in [0.2, 0.25) is 5.91 Å². The third-order valence-electron chi connectivity index (χ3n) is 5.01. The standard InChI is InChI=1S/C18H22N4O2.ClH/c23-17(18(6-9-19-10-7-18)22-11-3-8-20-22)21-15-12-14-4-1-2-5-16(14)24-13-15;/h1-5,8,11,15,19H,6-7,9-10,12-13H2,(H,21,23);1H. The number of rotatable bonds is 3. The van der Waals surface area contributed by atoms with Crippen LogP contribution in [-0.2, 0) is 16.8 Å². The number of nitrogens with one attached hydrogen (secondary N) is 2. The van der Waals surface area contributed by atoms with Gasteiger partial charge in [0, 0.05) is 12.4 Å². The first-order valence-corrected chi connectivity index (χ1v) is 8.50. The number of piperidine rings is 1. The molecule has 4 rings (SSSR count). The van der Waals surface area contributed by atoms with E-state index in [9.17, 15) is 4.79 Å². The minimum atomic E-state index is -0.605. The summed E-state index contributed by atoms with van der Waals surface area (Å²) in [6, 6.07) is 9.88. The lowest BCUT2D eigenvalue weighted by atomic mass is 9.87. The van der Waals surface area contributed by atoms with Gasteiger partial charge in [0.1, 0.15) is 17.9 Å². The molecule has 1 aromatic carbocycles. The van der Waals surface area contributed by atoms with E-state index in [-0.39, 0.29) is 24.4 Å². The fourth-order valence-corrected chi connectivity index (χ4v) is 3.66. The highest BCUT2D eigenvalue weighted by Gasteiger charge is 2.43. The lowest BCUT2D eigenvalue weighted by molar-refractivity contribution is -0.133. The number of halogens is 1. The van der Waals surface area contributed by atoms with Crippen molar-refractivity contribution in [3.8, 4) is 5.75 Å². The van der Waals surface area contributed by atoms with E-state index in [2.05, 4.69) is 21.8 Å². The van der Waals surface area contributed by atoms with Gasteiger partial charge in [0.15, 0.2) is 0 Å². The Hall–Kier alpha value is -2.05. The predicted molar refractivity (Wildman–Crippen MR) is 97.1 cm³/mol. The van der Waals surface area contributed by atoms with E-state index >= 15 is 0 Å². The van der Waals surface area contributed by atoms with E-state index in [1.54, 1.807) is 6.20 Å². The van der Waals surface area contributed by atoms with Crippen molar-refractivity contribution >= 4 is 18.3 Å². The molecule has 1 aromatic heterocycles. The number of carbonyl (C=O) groups excluding carboxylic acids is 1. The average molecular weight is 363 g/mol. The lowest BCUT2D eigenvalue weighted by Gasteiger charge is -2.38. The highest BCUT2D eigenvalue weighted by molar-refractivity contribution is 5.85. The molecule has 1 atom stereocenters. The Balaban J connectivity index is 0.00000182. The molecule has 25 heavy (non-hydrogen) atoms. The molecular formula is C18H23ClN4O2. The number of nitrogens with zero attached hydrogens (tertiary/aromatic N) is 2. The minimum absolute atomic E-state index is 0. The number of carbonyl (C=O) groups is 1. The molecule has 1 saturated heterocycles. The molecule has 2 aliphatic heterocycles. The summed E-state index contributed by atoms with van der Waals surface area (Å²) in [6.45, 7) is 2.14. The van der Waals surface area contributed by atoms with Crippen molar-refractivity contribution in [1.29, 1.82) is 0 Å². The first kappa shape index (κ1) is 17.8. The maximum atomic E-state index is 13.1. The van der Waals surface area contributed by atoms with Crippen LogP contribution in [0.3, 0.4) is 0 Å². The summed E-state index contributed by atoms with van der Waals surface area (Å²) in [6.07, 6.45) is 5.90. The SMILES string of the molecule is Cl.O=C(NC1COc2ccccc2C1)C1(n2cccn2)CCNCC1. The molecule has 1 fully saturated rings. The molecule has 0 bridgehead atoms. The summed E-state index contributed by atoms with van der Waals surface area (Å²) in [5.74, 6) is 0.965. The molecular weight excluding hydrogens is 340 g/mol. The smallest absolute Gasteiger partial charge is 0.248 e. The van der Waals surface area contributed by atoms with E-state index < -0.39 is 5.54 Å². The topological polar surface area (TPSA) is 68.2 Å². The Morgan fingerprint density at radius 1 is 1.28 bits per heavy atom. The summed E-state index contributed by atoms with van der Waals surface area (Å²) >= 11 is 0. The summed E-state index contributed by atoms with van der Waals surface area (Å²) in [5.41, 5.74) is 0.540. The zero-order valence-corrected chi connectivity index (χ0v) is 14.8. The van der Waals surface area contributed by atoms with Crippen molar-refractivity contribution in [1.82, 2.24) is 20.4 Å². The molecule has 1 unspecified atom stereocenters. The van der Waals surface area contributed by atoms with E-state index in [1.807, 2.05) is 35.1 Å². The molecule has 2 N–H and O–H groups in total. The molecule has 0 aliphatic carbocycles. The number of para-hydroxylation sites is 1. The molecule has 134 valence electrons. The first-order valence-electron chi connectivity index (χ1n) is 8.50. The largest absolute Gasteiger partial charge is 0.491 e. The van der Waals surface area contributed by atoms with Crippen LogP contribution in [0.5, 0.6) is 5.75 Å². The maximum absolute atomic E-state index is 13.1. The lowest BCUT2D eigenvalue weighted by Crippen LogP contribution is -2.57. The molecule has 0 radical (unpaired) electrons. The number of fused-ring (bicyclic) bond motifs is 1. The van der Waals surface area contributed by atoms with Crippen LogP contribution in [0.2, 0.25) is 0 Å². The number of ether oxygens (including phenoxy) is 1. The van der Waals surface area contributed by atoms with Crippen LogP contribution in [0.1, 0.15) is 18.4 Å². The van der Waals surface area contributed by atoms with Gasteiger partial charge in [0.25, 0.3) is 0 Å². The minimum Gasteiger partial charge on any atom is -0.491 e. The van der Waals surface area contributed by atoms with Gasteiger partial charge in [-0.1, -0.05) is 18.2 Å². The third kappa shape index (κ3) is 3.37. The molecule has 7 heteroatoms. The van der Waals surface area contributed by atoms with Crippen molar-refractivity contribution in [2.24, 2.45) is 0 Å². The second-order valence-corrected chi connectivity index (χ2v) is 6.53. The van der Waals surface area contributed by atoms with E-state index in [4.69, 9.17) is 4.74 Å². The normalized spacial score (nSPS) is 21.4. The van der Waals surface area contributed by atoms with Gasteiger partial charge in [-0.05, 0) is 50.0 Å². The quantitative estimate of drug-likeness (QED) is 0.868. The Labute approximate surface area is 153 Å². The fourth-order valence-electron chi connectivity index (χ4n) is 3.66. The van der Waals surface area contributed by atoms with Crippen LogP contribution in [0, 0.1) is 0 Å². The molecule has 3 heterocycles. The second-order valence-electron chi connectivity index (χ2n) is 6.53. The van der Waals surface area contributed by atoms with Gasteiger partial charge in [-0.15, -0.1) is 12.4 Å². The molecule has 2 aliphatic rings. The number of amides is 1. The second kappa shape index (κ2) is 7.45. The Morgan fingerprint density at radius 3 is 2.84 bits per heavy atom. The van der Waals surface area contributed by atoms with Gasteiger partial charge in [-0.3, -0.25) is 9.48 Å². The molecule has 6 nitrogen and oxygen atoms in total. The summed E-state index contributed by atoms with van der Waals surface area (Å²) in [5, 5.41) is 10.9. The Morgan fingerprint density at radius 2 is 2.08 bits per heavy atom. The van der Waals surface area contributed by atoms with Crippen LogP contribution in [-0.4, -0.2) is 41.4 Å². The fraction of sp³-hybridized carbons (Fsp3) is 0.444. The van der Waals surface area contributed by atoms with Crippen molar-refractivity contribution < 1.29 is 9.53 Å². The van der Waals surface area contributed by atoms with Gasteiger partial charge in [0.05, 0.1) is 6.04 Å². The van der Waals surface area contributed by atoms with Gasteiger partial charge < -0.3 is 15.4 Å². The molecule has 0 saturated carbocycles. The number of hydrogen-bond acceptors (Lipinski definition) is 4. The monoisotopic (exact) mass is 362 g/mol. The van der Waals surface area contributed by atoms with Gasteiger partial charge in [-0.25, -0.2) is 0 Å². The summed E-state index contributed by atoms with van der Waals surface area (Å²) in [4.78, 5) is 13.1. The van der Waals surface area contributed by atoms with E-state index in [0.717, 1.165) is 43.7 Å². The van der Waals surface area contributed by atoms with Gasteiger partial charge >= 0.3 is 0 Å². The molecule has 1 amide bonds. The first-order chi connectivity index (χ1) is 11.8. The number of benzene rings is 1. The van der Waals surface area contributed by atoms with Crippen molar-refractivity contribution in [2.45, 2.75) is 30.8 Å². The highest BCUT2D eigenvalue weighted by Crippen LogP contribution is 2.29. The van der Waals surface area contributed by atoms with Crippen molar-refractivity contribution in [2.75, 3.05) is 19.7 Å². The van der Waals surface area contributed by atoms with E-state index in [1.165, 1.54) is 0 Å². The zero-order chi connectivity index (χ0) is 16.4. The van der Waals surface area contributed by atoms with Crippen LogP contribution in [0.25, 0.3) is 0 Å². The van der Waals surface area contributed by atoms with Crippen molar-refractivity contribution in [3.63, 3.8) is 0 Å². The maximum Gasteiger partial charge on any atom is 0.248 e. The summed E-state index contributed by atoms with van der Waals surface area (Å²) in [7, 11) is 0. The van der Waals surface area contributed by atoms with E-state index in [0.29, 0.717) is 6.61 Å². The number of hydrogen-bond donors (Lipinski definition) is 2. The summed E-state index contributed by atoms with van der Waals surface area (Å²) < 4.78 is 7.62. The average Bonchev–Trinajstić information content (AvgIpc) is 3.17. The van der Waals surface area contributed by atoms with Crippen molar-refractivity contribution in [3.05, 3.63) is 48.3 Å². The van der Waals surface area contributed by atoms with Crippen LogP contribution < -0.4 is 15.4 Å². The molecule has 0 spiro atoms. The number of aromatic nitrogens is 2. The predicted octanol–water partition coefficient (Wildman–Crippen LogP) is 1.50. The van der Waals surface area contributed by atoms with Gasteiger partial charge in [-0.2, -0.15) is 5.10 Å². The Bertz CT molecular complexity index is 714. The molecule has 2 aromatic rings. The van der Waals surface area contributed by atoms with Crippen LogP contribution >= 0.6 is 12.4 Å². The Kier molecular flexibility index (Phi) is 5.30. The zero-order valence-electron chi connectivity index (χ0n) is 14.0. The highest BCUT2D eigenvalue weighted by atomic mass is 35.5. The van der Waals surface area contributed by atoms with Crippen LogP contribution in [0.15, 0.2) is 42.7 Å². The third-order valence-corrected chi connectivity index (χ3v) is 5.01. The van der Waals surface area contributed by atoms with Crippen LogP contribution in [0.4, 0.5) is 0 Å².